The van der Waals surface area contributed by atoms with E-state index in [1.165, 1.54) is 36.3 Å². The Labute approximate surface area is 209 Å². The van der Waals surface area contributed by atoms with Crippen molar-refractivity contribution in [1.29, 1.82) is 0 Å². The van der Waals surface area contributed by atoms with Gasteiger partial charge in [0.2, 0.25) is 0 Å². The lowest BCUT2D eigenvalue weighted by molar-refractivity contribution is -0.278. The van der Waals surface area contributed by atoms with Crippen molar-refractivity contribution in [3.8, 4) is 11.1 Å². The van der Waals surface area contributed by atoms with Crippen LogP contribution in [-0.2, 0) is 14.3 Å². The van der Waals surface area contributed by atoms with Gasteiger partial charge in [-0.25, -0.2) is 4.79 Å². The van der Waals surface area contributed by atoms with Gasteiger partial charge in [-0.3, -0.25) is 9.59 Å². The molecular formula is C24H25F5N4O4. The van der Waals surface area contributed by atoms with Gasteiger partial charge in [0.25, 0.3) is 11.8 Å². The number of hydrogen-bond acceptors (Lipinski definition) is 5. The number of amides is 3. The number of rotatable bonds is 7. The van der Waals surface area contributed by atoms with Crippen LogP contribution in [0.5, 0.6) is 0 Å². The highest BCUT2D eigenvalue weighted by molar-refractivity contribution is 6.06. The zero-order chi connectivity index (χ0) is 27.5. The first-order chi connectivity index (χ1) is 17.2. The van der Waals surface area contributed by atoms with Crippen LogP contribution >= 0.6 is 0 Å². The molecule has 0 radical (unpaired) electrons. The first-order valence-corrected chi connectivity index (χ1v) is 11.0. The lowest BCUT2D eigenvalue weighted by Gasteiger charge is -2.26. The molecule has 0 saturated carbocycles. The second-order valence-corrected chi connectivity index (χ2v) is 8.66. The number of anilines is 1. The quantitative estimate of drug-likeness (QED) is 0.538. The highest BCUT2D eigenvalue weighted by atomic mass is 19.4. The second-order valence-electron chi connectivity index (χ2n) is 8.66. The van der Waals surface area contributed by atoms with E-state index in [9.17, 15) is 36.3 Å². The maximum absolute atomic E-state index is 13.4. The monoisotopic (exact) mass is 528 g/mol. The minimum absolute atomic E-state index is 0.243. The molecule has 2 atom stereocenters. The number of nitrogens with one attached hydrogen (secondary N) is 2. The molecule has 1 aliphatic rings. The number of nitrogens with zero attached hydrogens (tertiary/aromatic N) is 2. The molecule has 0 bridgehead atoms. The van der Waals surface area contributed by atoms with Gasteiger partial charge in [0.1, 0.15) is 6.04 Å². The van der Waals surface area contributed by atoms with Gasteiger partial charge in [-0.1, -0.05) is 42.5 Å². The van der Waals surface area contributed by atoms with Gasteiger partial charge in [0.15, 0.2) is 6.10 Å². The van der Waals surface area contributed by atoms with Gasteiger partial charge in [0.05, 0.1) is 12.2 Å². The summed E-state index contributed by atoms with van der Waals surface area (Å²) < 4.78 is 68.3. The normalized spacial score (nSPS) is 16.4. The van der Waals surface area contributed by atoms with Gasteiger partial charge in [0, 0.05) is 19.2 Å². The summed E-state index contributed by atoms with van der Waals surface area (Å²) in [5, 5.41) is 3.89. The molecule has 2 unspecified atom stereocenters. The minimum atomic E-state index is -5.88. The summed E-state index contributed by atoms with van der Waals surface area (Å²) in [6, 6.07) is 12.8. The van der Waals surface area contributed by atoms with Gasteiger partial charge in [-0.15, -0.1) is 0 Å². The summed E-state index contributed by atoms with van der Waals surface area (Å²) in [7, 11) is 4.58. The van der Waals surface area contributed by atoms with Crippen LogP contribution in [0, 0.1) is 0 Å². The molecule has 0 spiro atoms. The van der Waals surface area contributed by atoms with Gasteiger partial charge < -0.3 is 25.2 Å². The molecule has 1 heterocycles. The van der Waals surface area contributed by atoms with Gasteiger partial charge >= 0.3 is 18.2 Å². The van der Waals surface area contributed by atoms with Gasteiger partial charge in [-0.05, 0) is 31.3 Å². The van der Waals surface area contributed by atoms with E-state index in [4.69, 9.17) is 4.74 Å². The molecule has 2 aromatic rings. The van der Waals surface area contributed by atoms with Crippen LogP contribution in [0.3, 0.4) is 0 Å². The van der Waals surface area contributed by atoms with E-state index in [1.807, 2.05) is 6.07 Å². The van der Waals surface area contributed by atoms with E-state index in [-0.39, 0.29) is 6.54 Å². The number of carbonyl (C=O) groups is 3. The number of carbonyl (C=O) groups excluding carboxylic acids is 3. The predicted octanol–water partition coefficient (Wildman–Crippen LogP) is 3.34. The summed E-state index contributed by atoms with van der Waals surface area (Å²) >= 11 is 0. The molecule has 0 aromatic heterocycles. The number of benzene rings is 2. The van der Waals surface area contributed by atoms with Crippen LogP contribution < -0.4 is 15.5 Å². The van der Waals surface area contributed by atoms with E-state index in [2.05, 4.69) is 5.32 Å². The van der Waals surface area contributed by atoms with Crippen molar-refractivity contribution in [1.82, 2.24) is 15.5 Å². The molecular weight excluding hydrogens is 503 g/mol. The standard InChI is InChI=1S/C24H25F5N4O4/c1-32(2)12-18(37-22(36)30-13-23(25,26)24(27,28)29)20(34)31-19-16-10-5-4-8-14(16)15-9-6-7-11-17(15)33(3)21(19)35/h4-11,18-19H,12-13H2,1-3H3,(H,30,36)(H,31,34). The molecule has 3 rings (SSSR count). The summed E-state index contributed by atoms with van der Waals surface area (Å²) in [5.41, 5.74) is 2.49. The Morgan fingerprint density at radius 3 is 2.24 bits per heavy atom. The third-order valence-electron chi connectivity index (χ3n) is 5.63. The predicted molar refractivity (Wildman–Crippen MR) is 124 cm³/mol. The first-order valence-electron chi connectivity index (χ1n) is 11.0. The maximum Gasteiger partial charge on any atom is 0.455 e. The zero-order valence-corrected chi connectivity index (χ0v) is 20.1. The number of hydrogen-bond donors (Lipinski definition) is 2. The van der Waals surface area contributed by atoms with Crippen LogP contribution in [0.2, 0.25) is 0 Å². The van der Waals surface area contributed by atoms with Crippen molar-refractivity contribution < 1.29 is 41.1 Å². The van der Waals surface area contributed by atoms with Crippen LogP contribution in [0.4, 0.5) is 32.4 Å². The second kappa shape index (κ2) is 10.7. The van der Waals surface area contributed by atoms with Crippen LogP contribution in [0.1, 0.15) is 11.6 Å². The summed E-state index contributed by atoms with van der Waals surface area (Å²) in [6.45, 7) is -2.31. The number of ether oxygens (including phenoxy) is 1. The van der Waals surface area contributed by atoms with Gasteiger partial charge in [-0.2, -0.15) is 22.0 Å². The number of para-hydroxylation sites is 1. The van der Waals surface area contributed by atoms with Crippen LogP contribution in [0.15, 0.2) is 48.5 Å². The zero-order valence-electron chi connectivity index (χ0n) is 20.1. The van der Waals surface area contributed by atoms with E-state index in [0.717, 1.165) is 5.56 Å². The molecule has 0 saturated heterocycles. The topological polar surface area (TPSA) is 91.0 Å². The molecule has 8 nitrogen and oxygen atoms in total. The van der Waals surface area contributed by atoms with E-state index in [0.29, 0.717) is 16.8 Å². The average Bonchev–Trinajstić information content (AvgIpc) is 2.91. The Kier molecular flexibility index (Phi) is 8.06. The molecule has 3 amide bonds. The fourth-order valence-corrected chi connectivity index (χ4v) is 3.77. The van der Waals surface area contributed by atoms with Crippen LogP contribution in [-0.4, -0.2) is 75.2 Å². The van der Waals surface area contributed by atoms with E-state index < -0.39 is 48.7 Å². The maximum atomic E-state index is 13.4. The van der Waals surface area contributed by atoms with E-state index in [1.54, 1.807) is 42.5 Å². The third-order valence-corrected chi connectivity index (χ3v) is 5.63. The highest BCUT2D eigenvalue weighted by Gasteiger charge is 2.57. The SMILES string of the molecule is CN(C)CC(OC(=O)NCC(F)(F)C(F)(F)F)C(=O)NC1C(=O)N(C)c2ccccc2-c2ccccc21. The van der Waals surface area contributed by atoms with Crippen molar-refractivity contribution in [2.75, 3.05) is 39.1 Å². The number of halogens is 5. The molecule has 200 valence electrons. The van der Waals surface area contributed by atoms with Crippen molar-refractivity contribution in [3.05, 3.63) is 54.1 Å². The number of likely N-dealkylation sites (N-methyl/N-ethyl adjacent to an activating group) is 2. The molecule has 37 heavy (non-hydrogen) atoms. The molecule has 0 aliphatic carbocycles. The Bertz CT molecular complexity index is 1170. The average molecular weight is 528 g/mol. The molecule has 1 aliphatic heterocycles. The minimum Gasteiger partial charge on any atom is -0.435 e. The largest absolute Gasteiger partial charge is 0.455 e. The molecule has 0 fully saturated rings. The number of alkyl carbamates (subject to hydrolysis) is 1. The molecule has 2 N–H and O–H groups in total. The van der Waals surface area contributed by atoms with Crippen molar-refractivity contribution >= 4 is 23.6 Å². The third kappa shape index (κ3) is 6.16. The molecule has 2 aromatic carbocycles. The Morgan fingerprint density at radius 2 is 1.62 bits per heavy atom. The summed E-state index contributed by atoms with van der Waals surface area (Å²) in [4.78, 5) is 41.3. The smallest absolute Gasteiger partial charge is 0.435 e. The molecule has 13 heteroatoms. The Balaban J connectivity index is 1.83. The Morgan fingerprint density at radius 1 is 1.03 bits per heavy atom. The van der Waals surface area contributed by atoms with Crippen molar-refractivity contribution in [2.45, 2.75) is 24.2 Å². The van der Waals surface area contributed by atoms with Crippen molar-refractivity contribution in [3.63, 3.8) is 0 Å². The number of fused-ring (bicyclic) bond motifs is 3. The van der Waals surface area contributed by atoms with E-state index >= 15 is 0 Å². The Hall–Kier alpha value is -3.74. The first kappa shape index (κ1) is 27.8. The van der Waals surface area contributed by atoms with Crippen molar-refractivity contribution in [2.24, 2.45) is 0 Å². The number of alkyl halides is 5. The summed E-state index contributed by atoms with van der Waals surface area (Å²) in [6.07, 6.45) is -9.16. The lowest BCUT2D eigenvalue weighted by atomic mass is 9.95. The fraction of sp³-hybridized carbons (Fsp3) is 0.375. The highest BCUT2D eigenvalue weighted by Crippen LogP contribution is 2.39. The fourth-order valence-electron chi connectivity index (χ4n) is 3.77. The lowest BCUT2D eigenvalue weighted by Crippen LogP contribution is -2.51. The summed E-state index contributed by atoms with van der Waals surface area (Å²) in [5.74, 6) is -6.64. The van der Waals surface area contributed by atoms with Crippen LogP contribution in [0.25, 0.3) is 11.1 Å².